The maximum absolute atomic E-state index is 11.4. The molecule has 0 atom stereocenters. The monoisotopic (exact) mass is 351 g/mol. The number of hydrogen-bond donors (Lipinski definition) is 0. The van der Waals surface area contributed by atoms with Gasteiger partial charge in [-0.05, 0) is 50.2 Å². The Hall–Kier alpha value is -3.82. The second-order valence-corrected chi connectivity index (χ2v) is 6.22. The Morgan fingerprint density at radius 2 is 1.11 bits per heavy atom. The molecule has 0 N–H and O–H groups in total. The minimum absolute atomic E-state index is 0.0367. The van der Waals surface area contributed by atoms with Crippen LogP contribution >= 0.6 is 0 Å². The van der Waals surface area contributed by atoms with Gasteiger partial charge in [-0.1, -0.05) is 59.1 Å². The highest BCUT2D eigenvalue weighted by atomic mass is 16.6. The van der Waals surface area contributed by atoms with E-state index in [9.17, 15) is 10.1 Å². The first-order valence-corrected chi connectivity index (χ1v) is 8.47. The van der Waals surface area contributed by atoms with Gasteiger partial charge in [-0.3, -0.25) is 10.1 Å². The number of benzene rings is 3. The summed E-state index contributed by atoms with van der Waals surface area (Å²) < 4.78 is 0. The van der Waals surface area contributed by atoms with Gasteiger partial charge in [0.15, 0.2) is 0 Å². The number of nitrogens with zero attached hydrogens (tertiary/aromatic N) is 1. The molecule has 3 heteroatoms. The van der Waals surface area contributed by atoms with Crippen LogP contribution in [0, 0.1) is 47.6 Å². The van der Waals surface area contributed by atoms with Crippen molar-refractivity contribution in [3.63, 3.8) is 0 Å². The Balaban J connectivity index is 1.91. The number of hydrogen-bond acceptors (Lipinski definition) is 2. The Kier molecular flexibility index (Phi) is 5.36. The zero-order valence-electron chi connectivity index (χ0n) is 15.1. The van der Waals surface area contributed by atoms with Crippen LogP contribution in [0.25, 0.3) is 0 Å². The van der Waals surface area contributed by atoms with Crippen LogP contribution in [-0.4, -0.2) is 4.92 Å². The second-order valence-electron chi connectivity index (χ2n) is 6.22. The van der Waals surface area contributed by atoms with Gasteiger partial charge in [0, 0.05) is 22.8 Å². The molecule has 0 fully saturated rings. The van der Waals surface area contributed by atoms with Crippen molar-refractivity contribution in [2.75, 3.05) is 0 Å². The molecule has 0 bridgehead atoms. The van der Waals surface area contributed by atoms with Crippen molar-refractivity contribution in [1.29, 1.82) is 0 Å². The van der Waals surface area contributed by atoms with Crippen molar-refractivity contribution in [2.45, 2.75) is 13.8 Å². The van der Waals surface area contributed by atoms with Gasteiger partial charge in [0.2, 0.25) is 0 Å². The highest BCUT2D eigenvalue weighted by molar-refractivity contribution is 5.58. The molecule has 0 saturated carbocycles. The van der Waals surface area contributed by atoms with Crippen LogP contribution in [0.5, 0.6) is 0 Å². The van der Waals surface area contributed by atoms with Crippen LogP contribution in [0.15, 0.2) is 66.7 Å². The van der Waals surface area contributed by atoms with Gasteiger partial charge >= 0.3 is 0 Å². The maximum atomic E-state index is 11.4. The van der Waals surface area contributed by atoms with Crippen molar-refractivity contribution in [3.05, 3.63) is 110 Å². The van der Waals surface area contributed by atoms with E-state index in [1.807, 2.05) is 62.4 Å². The lowest BCUT2D eigenvalue weighted by Crippen LogP contribution is -1.93. The molecule has 0 aliphatic rings. The average Bonchev–Trinajstić information content (AvgIpc) is 2.67. The number of nitro benzene ring substituents is 1. The van der Waals surface area contributed by atoms with Crippen molar-refractivity contribution < 1.29 is 4.92 Å². The Morgan fingerprint density at radius 1 is 0.667 bits per heavy atom. The highest BCUT2D eigenvalue weighted by Gasteiger charge is 2.12. The molecule has 0 radical (unpaired) electrons. The van der Waals surface area contributed by atoms with E-state index in [2.05, 4.69) is 23.7 Å². The summed E-state index contributed by atoms with van der Waals surface area (Å²) in [4.78, 5) is 11.0. The Bertz CT molecular complexity index is 1100. The molecule has 3 aromatic carbocycles. The standard InChI is InChI=1S/C24H17NO2/c1-18-3-7-20(8-4-18)11-12-22-14-16-23(24(17-22)25(26)27)15-13-21-9-5-19(2)6-10-21/h3-10,14,16-17H,1-2H3. The van der Waals surface area contributed by atoms with Gasteiger partial charge in [-0.25, -0.2) is 0 Å². The number of nitro groups is 1. The molecule has 3 nitrogen and oxygen atoms in total. The van der Waals surface area contributed by atoms with E-state index in [1.165, 1.54) is 6.07 Å². The van der Waals surface area contributed by atoms with Gasteiger partial charge in [-0.15, -0.1) is 0 Å². The molecule has 3 rings (SSSR count). The van der Waals surface area contributed by atoms with Crippen LogP contribution in [0.4, 0.5) is 5.69 Å². The van der Waals surface area contributed by atoms with Crippen molar-refractivity contribution in [1.82, 2.24) is 0 Å². The summed E-state index contributed by atoms with van der Waals surface area (Å²) >= 11 is 0. The summed E-state index contributed by atoms with van der Waals surface area (Å²) in [5, 5.41) is 11.4. The molecule has 0 aliphatic heterocycles. The quantitative estimate of drug-likeness (QED) is 0.351. The molecule has 0 aliphatic carbocycles. The summed E-state index contributed by atoms with van der Waals surface area (Å²) in [6.07, 6.45) is 0. The highest BCUT2D eigenvalue weighted by Crippen LogP contribution is 2.19. The fourth-order valence-electron chi connectivity index (χ4n) is 2.42. The summed E-state index contributed by atoms with van der Waals surface area (Å²) in [6, 6.07) is 20.4. The van der Waals surface area contributed by atoms with Crippen LogP contribution < -0.4 is 0 Å². The Morgan fingerprint density at radius 3 is 1.63 bits per heavy atom. The predicted molar refractivity (Wildman–Crippen MR) is 107 cm³/mol. The first-order chi connectivity index (χ1) is 13.0. The second kappa shape index (κ2) is 8.04. The van der Waals surface area contributed by atoms with E-state index in [-0.39, 0.29) is 5.69 Å². The molecule has 0 aromatic heterocycles. The lowest BCUT2D eigenvalue weighted by atomic mass is 10.1. The van der Waals surface area contributed by atoms with E-state index in [0.29, 0.717) is 11.1 Å². The molecular weight excluding hydrogens is 334 g/mol. The molecule has 0 spiro atoms. The first-order valence-electron chi connectivity index (χ1n) is 8.47. The maximum Gasteiger partial charge on any atom is 0.286 e. The Labute approximate surface area is 158 Å². The van der Waals surface area contributed by atoms with Crippen molar-refractivity contribution in [3.8, 4) is 23.7 Å². The molecular formula is C24H17NO2. The minimum Gasteiger partial charge on any atom is -0.258 e. The van der Waals surface area contributed by atoms with Gasteiger partial charge in [-0.2, -0.15) is 0 Å². The zero-order valence-corrected chi connectivity index (χ0v) is 15.1. The SMILES string of the molecule is Cc1ccc(C#Cc2ccc(C#Cc3ccc(C)cc3)c([N+](=O)[O-])c2)cc1. The van der Waals surface area contributed by atoms with Crippen molar-refractivity contribution in [2.24, 2.45) is 0 Å². The van der Waals surface area contributed by atoms with Crippen molar-refractivity contribution >= 4 is 5.69 Å². The fraction of sp³-hybridized carbons (Fsp3) is 0.0833. The molecule has 0 amide bonds. The molecule has 0 saturated heterocycles. The lowest BCUT2D eigenvalue weighted by Gasteiger charge is -1.97. The van der Waals surface area contributed by atoms with Crippen LogP contribution in [0.2, 0.25) is 0 Å². The molecule has 0 unspecified atom stereocenters. The third-order valence-electron chi connectivity index (χ3n) is 3.99. The topological polar surface area (TPSA) is 43.1 Å². The normalized spacial score (nSPS) is 9.56. The van der Waals surface area contributed by atoms with E-state index >= 15 is 0 Å². The fourth-order valence-corrected chi connectivity index (χ4v) is 2.42. The van der Waals surface area contributed by atoms with Gasteiger partial charge < -0.3 is 0 Å². The van der Waals surface area contributed by atoms with E-state index in [1.54, 1.807) is 12.1 Å². The number of aryl methyl sites for hydroxylation is 2. The van der Waals surface area contributed by atoms with E-state index in [4.69, 9.17) is 0 Å². The smallest absolute Gasteiger partial charge is 0.258 e. The predicted octanol–water partition coefficient (Wildman–Crippen LogP) is 5.01. The summed E-state index contributed by atoms with van der Waals surface area (Å²) in [5.41, 5.74) is 4.91. The molecule has 3 aromatic rings. The van der Waals surface area contributed by atoms with Gasteiger partial charge in [0.1, 0.15) is 5.56 Å². The van der Waals surface area contributed by atoms with Crippen LogP contribution in [0.1, 0.15) is 33.4 Å². The van der Waals surface area contributed by atoms with E-state index < -0.39 is 4.92 Å². The zero-order chi connectivity index (χ0) is 19.2. The third kappa shape index (κ3) is 4.84. The minimum atomic E-state index is -0.420. The van der Waals surface area contributed by atoms with Gasteiger partial charge in [0.25, 0.3) is 5.69 Å². The third-order valence-corrected chi connectivity index (χ3v) is 3.99. The van der Waals surface area contributed by atoms with Crippen LogP contribution in [-0.2, 0) is 0 Å². The molecule has 130 valence electrons. The first kappa shape index (κ1) is 18.0. The largest absolute Gasteiger partial charge is 0.286 e. The summed E-state index contributed by atoms with van der Waals surface area (Å²) in [6.45, 7) is 4.01. The summed E-state index contributed by atoms with van der Waals surface area (Å²) in [5.74, 6) is 11.9. The lowest BCUT2D eigenvalue weighted by molar-refractivity contribution is -0.385. The molecule has 27 heavy (non-hydrogen) atoms. The van der Waals surface area contributed by atoms with Gasteiger partial charge in [0.05, 0.1) is 4.92 Å². The van der Waals surface area contributed by atoms with Crippen LogP contribution in [0.3, 0.4) is 0 Å². The average molecular weight is 351 g/mol. The molecule has 0 heterocycles. The number of rotatable bonds is 1. The summed E-state index contributed by atoms with van der Waals surface area (Å²) in [7, 11) is 0. The van der Waals surface area contributed by atoms with E-state index in [0.717, 1.165) is 22.3 Å².